The highest BCUT2D eigenvalue weighted by atomic mass is 15.0. The van der Waals surface area contributed by atoms with Gasteiger partial charge in [0, 0.05) is 18.5 Å². The fraction of sp³-hybridized carbons (Fsp3) is 0.591. The third-order valence-corrected chi connectivity index (χ3v) is 4.23. The summed E-state index contributed by atoms with van der Waals surface area (Å²) in [5, 5.41) is 0. The lowest BCUT2D eigenvalue weighted by Gasteiger charge is -2.29. The molecule has 0 bridgehead atoms. The molecule has 0 aromatic heterocycles. The molecular weight excluding hydrogens is 292 g/mol. The van der Waals surface area contributed by atoms with Crippen LogP contribution in [0.5, 0.6) is 0 Å². The van der Waals surface area contributed by atoms with Gasteiger partial charge in [0.05, 0.1) is 0 Å². The Balaban J connectivity index is 2.87. The van der Waals surface area contributed by atoms with Gasteiger partial charge in [-0.2, -0.15) is 0 Å². The number of benzene rings is 1. The fourth-order valence-electron chi connectivity index (χ4n) is 2.86. The standard InChI is InChI=1S/C22H37N2/c1-8-24(14-13-17(2)3)16-19-9-11-20(12-10-19)21(18(4)23)15-22(5,6)7/h8-14,17-18,21H,15-16,23H2,1-7H3/q+1/b14-13-,24-8?. The fourth-order valence-corrected chi connectivity index (χ4v) is 2.86. The topological polar surface area (TPSA) is 29.0 Å². The zero-order chi connectivity index (χ0) is 18.3. The summed E-state index contributed by atoms with van der Waals surface area (Å²) >= 11 is 0. The largest absolute Gasteiger partial charge is 0.327 e. The van der Waals surface area contributed by atoms with Gasteiger partial charge < -0.3 is 5.73 Å². The highest BCUT2D eigenvalue weighted by Gasteiger charge is 2.23. The van der Waals surface area contributed by atoms with Crippen molar-refractivity contribution in [3.63, 3.8) is 0 Å². The van der Waals surface area contributed by atoms with E-state index in [1.54, 1.807) is 0 Å². The van der Waals surface area contributed by atoms with Gasteiger partial charge >= 0.3 is 0 Å². The molecule has 24 heavy (non-hydrogen) atoms. The van der Waals surface area contributed by atoms with Crippen LogP contribution in [0.3, 0.4) is 0 Å². The molecular formula is C22H37N2+. The van der Waals surface area contributed by atoms with Crippen molar-refractivity contribution in [1.29, 1.82) is 0 Å². The summed E-state index contributed by atoms with van der Waals surface area (Å²) in [6.07, 6.45) is 7.62. The summed E-state index contributed by atoms with van der Waals surface area (Å²) in [5.74, 6) is 0.979. The van der Waals surface area contributed by atoms with Gasteiger partial charge in [-0.05, 0) is 42.2 Å². The average Bonchev–Trinajstić information content (AvgIpc) is 2.48. The Morgan fingerprint density at radius 1 is 1.08 bits per heavy atom. The van der Waals surface area contributed by atoms with Crippen LogP contribution in [0.25, 0.3) is 0 Å². The van der Waals surface area contributed by atoms with Crippen LogP contribution in [-0.4, -0.2) is 16.8 Å². The molecule has 2 heteroatoms. The van der Waals surface area contributed by atoms with Gasteiger partial charge in [-0.3, -0.25) is 0 Å². The molecule has 2 N–H and O–H groups in total. The molecule has 1 rings (SSSR count). The van der Waals surface area contributed by atoms with Gasteiger partial charge in [0.25, 0.3) is 0 Å². The van der Waals surface area contributed by atoms with Crippen molar-refractivity contribution in [2.45, 2.75) is 73.4 Å². The molecule has 0 amide bonds. The maximum absolute atomic E-state index is 6.26. The second-order valence-electron chi connectivity index (χ2n) is 8.49. The summed E-state index contributed by atoms with van der Waals surface area (Å²) in [6.45, 7) is 16.3. The molecule has 0 heterocycles. The van der Waals surface area contributed by atoms with Gasteiger partial charge in [0.1, 0.15) is 6.21 Å². The summed E-state index contributed by atoms with van der Waals surface area (Å²) < 4.78 is 2.23. The normalized spacial score (nSPS) is 16.0. The van der Waals surface area contributed by atoms with Crippen LogP contribution in [0.15, 0.2) is 36.5 Å². The molecule has 1 aromatic carbocycles. The third-order valence-electron chi connectivity index (χ3n) is 4.23. The Kier molecular flexibility index (Phi) is 7.89. The minimum Gasteiger partial charge on any atom is -0.327 e. The molecule has 0 spiro atoms. The molecule has 2 atom stereocenters. The maximum Gasteiger partial charge on any atom is 0.173 e. The zero-order valence-electron chi connectivity index (χ0n) is 16.7. The molecule has 134 valence electrons. The molecule has 1 aromatic rings. The Hall–Kier alpha value is -1.41. The Morgan fingerprint density at radius 2 is 1.67 bits per heavy atom. The lowest BCUT2D eigenvalue weighted by Crippen LogP contribution is -2.28. The maximum atomic E-state index is 6.26. The summed E-state index contributed by atoms with van der Waals surface area (Å²) in [4.78, 5) is 0. The monoisotopic (exact) mass is 329 g/mol. The number of allylic oxidation sites excluding steroid dienone is 1. The van der Waals surface area contributed by atoms with Crippen molar-refractivity contribution < 1.29 is 4.58 Å². The lowest BCUT2D eigenvalue weighted by atomic mass is 9.78. The van der Waals surface area contributed by atoms with Crippen LogP contribution in [0.1, 0.15) is 71.9 Å². The smallest absolute Gasteiger partial charge is 0.173 e. The van der Waals surface area contributed by atoms with E-state index < -0.39 is 0 Å². The van der Waals surface area contributed by atoms with Crippen LogP contribution in [-0.2, 0) is 6.54 Å². The lowest BCUT2D eigenvalue weighted by molar-refractivity contribution is -0.470. The van der Waals surface area contributed by atoms with Crippen molar-refractivity contribution in [3.8, 4) is 0 Å². The summed E-state index contributed by atoms with van der Waals surface area (Å²) in [5.41, 5.74) is 9.22. The number of rotatable bonds is 7. The first-order valence-electron chi connectivity index (χ1n) is 9.20. The summed E-state index contributed by atoms with van der Waals surface area (Å²) in [7, 11) is 0. The molecule has 0 radical (unpaired) electrons. The second kappa shape index (κ2) is 9.17. The Bertz CT molecular complexity index is 542. The third kappa shape index (κ3) is 7.44. The number of hydrogen-bond acceptors (Lipinski definition) is 1. The van der Waals surface area contributed by atoms with Crippen LogP contribution in [0, 0.1) is 11.3 Å². The second-order valence-corrected chi connectivity index (χ2v) is 8.49. The molecule has 0 saturated heterocycles. The van der Waals surface area contributed by atoms with E-state index in [0.29, 0.717) is 11.8 Å². The van der Waals surface area contributed by atoms with E-state index in [9.17, 15) is 0 Å². The Morgan fingerprint density at radius 3 is 2.08 bits per heavy atom. The van der Waals surface area contributed by atoms with Gasteiger partial charge in [0.15, 0.2) is 12.7 Å². The Labute approximate surface area is 149 Å². The predicted molar refractivity (Wildman–Crippen MR) is 107 cm³/mol. The summed E-state index contributed by atoms with van der Waals surface area (Å²) in [6, 6.07) is 9.18. The van der Waals surface area contributed by atoms with Crippen molar-refractivity contribution >= 4 is 6.21 Å². The van der Waals surface area contributed by atoms with E-state index in [1.807, 2.05) is 0 Å². The van der Waals surface area contributed by atoms with Crippen LogP contribution in [0.4, 0.5) is 0 Å². The average molecular weight is 330 g/mol. The van der Waals surface area contributed by atoms with E-state index in [4.69, 9.17) is 5.73 Å². The van der Waals surface area contributed by atoms with Gasteiger partial charge in [-0.15, -0.1) is 0 Å². The van der Waals surface area contributed by atoms with Gasteiger partial charge in [-0.1, -0.05) is 58.9 Å². The highest BCUT2D eigenvalue weighted by Crippen LogP contribution is 2.33. The first-order chi connectivity index (χ1) is 11.1. The van der Waals surface area contributed by atoms with Crippen molar-refractivity contribution in [2.75, 3.05) is 0 Å². The molecule has 0 aliphatic rings. The van der Waals surface area contributed by atoms with Crippen LogP contribution in [0.2, 0.25) is 0 Å². The van der Waals surface area contributed by atoms with E-state index in [1.165, 1.54) is 11.1 Å². The number of nitrogens with zero attached hydrogens (tertiary/aromatic N) is 1. The molecule has 0 saturated carbocycles. The van der Waals surface area contributed by atoms with E-state index >= 15 is 0 Å². The molecule has 0 aliphatic carbocycles. The first-order valence-corrected chi connectivity index (χ1v) is 9.20. The molecule has 0 aliphatic heterocycles. The van der Waals surface area contributed by atoms with Crippen LogP contribution < -0.4 is 5.73 Å². The quantitative estimate of drug-likeness (QED) is 0.532. The first kappa shape index (κ1) is 20.6. The van der Waals surface area contributed by atoms with Crippen molar-refractivity contribution in [2.24, 2.45) is 17.1 Å². The van der Waals surface area contributed by atoms with Gasteiger partial charge in [-0.25, -0.2) is 4.58 Å². The SMILES string of the molecule is CC=[N+](/C=C\C(C)C)Cc1ccc(C(CC(C)(C)C)C(C)N)cc1. The van der Waals surface area contributed by atoms with E-state index in [2.05, 4.69) is 95.8 Å². The van der Waals surface area contributed by atoms with Crippen LogP contribution >= 0.6 is 0 Å². The molecule has 2 unspecified atom stereocenters. The molecule has 0 fully saturated rings. The number of nitrogens with two attached hydrogens (primary N) is 1. The zero-order valence-corrected chi connectivity index (χ0v) is 16.7. The minimum absolute atomic E-state index is 0.171. The van der Waals surface area contributed by atoms with E-state index in [0.717, 1.165) is 13.0 Å². The minimum atomic E-state index is 0.171. The van der Waals surface area contributed by atoms with Crippen molar-refractivity contribution in [1.82, 2.24) is 0 Å². The van der Waals surface area contributed by atoms with E-state index in [-0.39, 0.29) is 11.5 Å². The van der Waals surface area contributed by atoms with Crippen molar-refractivity contribution in [3.05, 3.63) is 47.7 Å². The highest BCUT2D eigenvalue weighted by molar-refractivity contribution is 5.47. The van der Waals surface area contributed by atoms with Gasteiger partial charge in [0.2, 0.25) is 0 Å². The molecule has 2 nitrogen and oxygen atoms in total. The number of hydrogen-bond donors (Lipinski definition) is 1. The predicted octanol–water partition coefficient (Wildman–Crippen LogP) is 5.33.